The van der Waals surface area contributed by atoms with Gasteiger partial charge in [-0.1, -0.05) is 0 Å². The van der Waals surface area contributed by atoms with E-state index in [4.69, 9.17) is 17.0 Å². The van der Waals surface area contributed by atoms with Crippen molar-refractivity contribution in [1.29, 1.82) is 0 Å². The highest BCUT2D eigenvalue weighted by molar-refractivity contribution is 7.80. The van der Waals surface area contributed by atoms with Crippen LogP contribution < -0.4 is 10.1 Å². The molecule has 25 heavy (non-hydrogen) atoms. The molecule has 0 aliphatic carbocycles. The van der Waals surface area contributed by atoms with E-state index in [-0.39, 0.29) is 11.7 Å². The summed E-state index contributed by atoms with van der Waals surface area (Å²) in [5, 5.41) is 3.19. The molecule has 0 radical (unpaired) electrons. The molecule has 2 aromatic rings. The van der Waals surface area contributed by atoms with Crippen molar-refractivity contribution >= 4 is 29.0 Å². The van der Waals surface area contributed by atoms with Crippen LogP contribution in [0, 0.1) is 5.82 Å². The highest BCUT2D eigenvalue weighted by Crippen LogP contribution is 2.17. The number of anilines is 1. The predicted octanol–water partition coefficient (Wildman–Crippen LogP) is 4.23. The Hall–Kier alpha value is -2.47. The molecule has 0 unspecified atom stereocenters. The monoisotopic (exact) mass is 358 g/mol. The average molecular weight is 358 g/mol. The zero-order valence-electron chi connectivity index (χ0n) is 13.7. The second kappa shape index (κ2) is 8.07. The summed E-state index contributed by atoms with van der Waals surface area (Å²) in [4.78, 5) is 14.3. The minimum Gasteiger partial charge on any atom is -0.432 e. The molecule has 1 heterocycles. The molecule has 4 nitrogen and oxygen atoms in total. The van der Waals surface area contributed by atoms with Gasteiger partial charge in [0.2, 0.25) is 0 Å². The van der Waals surface area contributed by atoms with Crippen molar-refractivity contribution in [2.24, 2.45) is 0 Å². The number of hydrogen-bond acceptors (Lipinski definition) is 3. The van der Waals surface area contributed by atoms with Crippen molar-refractivity contribution in [2.75, 3.05) is 18.4 Å². The van der Waals surface area contributed by atoms with E-state index in [9.17, 15) is 9.18 Å². The zero-order valence-corrected chi connectivity index (χ0v) is 14.5. The highest BCUT2D eigenvalue weighted by atomic mass is 32.1. The van der Waals surface area contributed by atoms with E-state index < -0.39 is 0 Å². The molecule has 130 valence electrons. The molecule has 1 saturated heterocycles. The largest absolute Gasteiger partial charge is 0.432 e. The Bertz CT molecular complexity index is 741. The summed E-state index contributed by atoms with van der Waals surface area (Å²) in [6.45, 7) is 1.86. The van der Waals surface area contributed by atoms with E-state index in [0.717, 1.165) is 25.9 Å². The normalized spacial score (nSPS) is 14.0. The van der Waals surface area contributed by atoms with Crippen LogP contribution >= 0.6 is 12.2 Å². The van der Waals surface area contributed by atoms with Crippen molar-refractivity contribution in [1.82, 2.24) is 4.90 Å². The minimum absolute atomic E-state index is 0.267. The Morgan fingerprint density at radius 3 is 2.28 bits per heavy atom. The lowest BCUT2D eigenvalue weighted by Crippen LogP contribution is -2.37. The molecule has 1 aliphatic rings. The standard InChI is InChI=1S/C19H19FN2O2S/c20-15-6-8-16(9-7-15)21-18(23)14-4-10-17(11-5-14)24-19(25)22-12-2-1-3-13-22/h4-11H,1-3,12-13H2,(H,21,23). The molecule has 6 heteroatoms. The number of likely N-dealkylation sites (tertiary alicyclic amines) is 1. The van der Waals surface area contributed by atoms with Gasteiger partial charge in [-0.15, -0.1) is 0 Å². The van der Waals surface area contributed by atoms with Gasteiger partial charge in [-0.2, -0.15) is 0 Å². The molecule has 1 amide bonds. The van der Waals surface area contributed by atoms with Gasteiger partial charge in [0.1, 0.15) is 11.6 Å². The van der Waals surface area contributed by atoms with Crippen molar-refractivity contribution < 1.29 is 13.9 Å². The smallest absolute Gasteiger partial charge is 0.264 e. The number of benzene rings is 2. The van der Waals surface area contributed by atoms with E-state index in [0.29, 0.717) is 22.2 Å². The SMILES string of the molecule is O=C(Nc1ccc(F)cc1)c1ccc(OC(=S)N2CCCCC2)cc1. The third kappa shape index (κ3) is 4.76. The summed E-state index contributed by atoms with van der Waals surface area (Å²) in [6, 6.07) is 12.4. The number of carbonyl (C=O) groups is 1. The highest BCUT2D eigenvalue weighted by Gasteiger charge is 2.15. The quantitative estimate of drug-likeness (QED) is 0.834. The Labute approximate surface area is 151 Å². The summed E-state index contributed by atoms with van der Waals surface area (Å²) in [5.41, 5.74) is 1.03. The molecule has 0 aromatic heterocycles. The van der Waals surface area contributed by atoms with Crippen molar-refractivity contribution in [2.45, 2.75) is 19.3 Å². The fraction of sp³-hybridized carbons (Fsp3) is 0.263. The minimum atomic E-state index is -0.343. The molecule has 0 saturated carbocycles. The fourth-order valence-electron chi connectivity index (χ4n) is 2.65. The van der Waals surface area contributed by atoms with Crippen molar-refractivity contribution in [3.8, 4) is 5.75 Å². The number of piperidine rings is 1. The van der Waals surface area contributed by atoms with Crippen LogP contribution in [-0.2, 0) is 0 Å². The van der Waals surface area contributed by atoms with Gasteiger partial charge in [-0.3, -0.25) is 4.79 Å². The summed E-state index contributed by atoms with van der Waals surface area (Å²) in [5.74, 6) is -0.00477. The summed E-state index contributed by atoms with van der Waals surface area (Å²) in [7, 11) is 0. The van der Waals surface area contributed by atoms with Gasteiger partial charge in [-0.05, 0) is 80.0 Å². The van der Waals surface area contributed by atoms with Gasteiger partial charge in [-0.25, -0.2) is 4.39 Å². The van der Waals surface area contributed by atoms with Crippen LogP contribution in [0.5, 0.6) is 5.75 Å². The van der Waals surface area contributed by atoms with E-state index in [2.05, 4.69) is 10.2 Å². The third-order valence-electron chi connectivity index (χ3n) is 4.04. The maximum absolute atomic E-state index is 12.9. The van der Waals surface area contributed by atoms with Crippen LogP contribution in [0.3, 0.4) is 0 Å². The van der Waals surface area contributed by atoms with Gasteiger partial charge in [0.15, 0.2) is 0 Å². The number of halogens is 1. The Balaban J connectivity index is 1.58. The topological polar surface area (TPSA) is 41.6 Å². The van der Waals surface area contributed by atoms with E-state index in [1.807, 2.05) is 0 Å². The molecule has 1 N–H and O–H groups in total. The Morgan fingerprint density at radius 2 is 1.64 bits per heavy atom. The van der Waals surface area contributed by atoms with Crippen LogP contribution in [0.25, 0.3) is 0 Å². The number of hydrogen-bond donors (Lipinski definition) is 1. The summed E-state index contributed by atoms with van der Waals surface area (Å²) < 4.78 is 18.6. The van der Waals surface area contributed by atoms with Gasteiger partial charge < -0.3 is 15.0 Å². The predicted molar refractivity (Wildman–Crippen MR) is 99.4 cm³/mol. The van der Waals surface area contributed by atoms with Crippen LogP contribution in [0.4, 0.5) is 10.1 Å². The Morgan fingerprint density at radius 1 is 1.00 bits per heavy atom. The van der Waals surface area contributed by atoms with E-state index >= 15 is 0 Å². The lowest BCUT2D eigenvalue weighted by atomic mass is 10.1. The zero-order chi connectivity index (χ0) is 17.6. The number of rotatable bonds is 3. The summed E-state index contributed by atoms with van der Waals surface area (Å²) in [6.07, 6.45) is 3.50. The first-order valence-corrected chi connectivity index (χ1v) is 8.66. The molecule has 1 fully saturated rings. The molecule has 0 bridgehead atoms. The second-order valence-corrected chi connectivity index (χ2v) is 6.25. The van der Waals surface area contributed by atoms with E-state index in [1.165, 1.54) is 30.7 Å². The number of amides is 1. The molecule has 1 aliphatic heterocycles. The number of nitrogens with zero attached hydrogens (tertiary/aromatic N) is 1. The van der Waals surface area contributed by atoms with Crippen molar-refractivity contribution in [3.05, 3.63) is 59.9 Å². The van der Waals surface area contributed by atoms with Gasteiger partial charge in [0, 0.05) is 24.3 Å². The number of carbonyl (C=O) groups excluding carboxylic acids is 1. The number of thiocarbonyl (C=S) groups is 1. The second-order valence-electron chi connectivity index (χ2n) is 5.90. The van der Waals surface area contributed by atoms with Crippen LogP contribution in [0.2, 0.25) is 0 Å². The molecule has 0 atom stereocenters. The maximum Gasteiger partial charge on any atom is 0.264 e. The number of nitrogens with one attached hydrogen (secondary N) is 1. The number of ether oxygens (including phenoxy) is 1. The summed E-state index contributed by atoms with van der Waals surface area (Å²) >= 11 is 5.33. The fourth-order valence-corrected chi connectivity index (χ4v) is 2.93. The van der Waals surface area contributed by atoms with Crippen LogP contribution in [0.1, 0.15) is 29.6 Å². The van der Waals surface area contributed by atoms with Crippen LogP contribution in [-0.4, -0.2) is 29.1 Å². The van der Waals surface area contributed by atoms with E-state index in [1.54, 1.807) is 24.3 Å². The molecule has 3 rings (SSSR count). The molecule has 2 aromatic carbocycles. The first-order chi connectivity index (χ1) is 12.1. The van der Waals surface area contributed by atoms with Crippen molar-refractivity contribution in [3.63, 3.8) is 0 Å². The average Bonchev–Trinajstić information content (AvgIpc) is 2.65. The Kier molecular flexibility index (Phi) is 5.60. The van der Waals surface area contributed by atoms with Gasteiger partial charge >= 0.3 is 0 Å². The lowest BCUT2D eigenvalue weighted by molar-refractivity contribution is 0.102. The third-order valence-corrected chi connectivity index (χ3v) is 4.38. The molecular formula is C19H19FN2O2S. The van der Waals surface area contributed by atoms with Crippen LogP contribution in [0.15, 0.2) is 48.5 Å². The van der Waals surface area contributed by atoms with Gasteiger partial charge in [0.25, 0.3) is 11.1 Å². The molecule has 0 spiro atoms. The molecular weight excluding hydrogens is 339 g/mol. The first kappa shape index (κ1) is 17.4. The maximum atomic E-state index is 12.9. The van der Waals surface area contributed by atoms with Gasteiger partial charge in [0.05, 0.1) is 0 Å². The lowest BCUT2D eigenvalue weighted by Gasteiger charge is -2.28. The first-order valence-electron chi connectivity index (χ1n) is 8.25.